The monoisotopic (exact) mass is 380 g/mol. The van der Waals surface area contributed by atoms with E-state index < -0.39 is 0 Å². The summed E-state index contributed by atoms with van der Waals surface area (Å²) in [5.74, 6) is 1.76. The molecule has 0 rings (SSSR count). The standard InChI is InChI=1S/C9H16O4S6/c1-3-12-16-8(10)18-14-6-5-7-15-19-9(11)17-13-4-2/h3-7H2,1-2H3. The van der Waals surface area contributed by atoms with Crippen molar-refractivity contribution < 1.29 is 18.0 Å². The topological polar surface area (TPSA) is 52.6 Å². The molecule has 0 amide bonds. The minimum absolute atomic E-state index is 0.0304. The summed E-state index contributed by atoms with van der Waals surface area (Å²) >= 11 is 1.78. The van der Waals surface area contributed by atoms with Crippen LogP contribution in [0.2, 0.25) is 0 Å². The lowest BCUT2D eigenvalue weighted by molar-refractivity contribution is 0.274. The average molecular weight is 381 g/mol. The summed E-state index contributed by atoms with van der Waals surface area (Å²) in [5.41, 5.74) is 0. The minimum atomic E-state index is -0.0304. The van der Waals surface area contributed by atoms with Crippen molar-refractivity contribution in [2.75, 3.05) is 24.7 Å². The van der Waals surface area contributed by atoms with Crippen LogP contribution in [-0.4, -0.2) is 33.6 Å². The summed E-state index contributed by atoms with van der Waals surface area (Å²) in [7, 11) is 5.43. The highest BCUT2D eigenvalue weighted by atomic mass is 33.1. The molecular formula is C9H16O4S6. The summed E-state index contributed by atoms with van der Waals surface area (Å²) in [6, 6.07) is 0. The van der Waals surface area contributed by atoms with Crippen molar-refractivity contribution in [3.63, 3.8) is 0 Å². The summed E-state index contributed by atoms with van der Waals surface area (Å²) in [6.45, 7) is 4.75. The van der Waals surface area contributed by atoms with Gasteiger partial charge in [-0.15, -0.1) is 0 Å². The summed E-state index contributed by atoms with van der Waals surface area (Å²) in [4.78, 5) is 22.4. The van der Waals surface area contributed by atoms with Gasteiger partial charge in [0.2, 0.25) is 0 Å². The van der Waals surface area contributed by atoms with Crippen LogP contribution < -0.4 is 0 Å². The number of hydrogen-bond acceptors (Lipinski definition) is 10. The lowest BCUT2D eigenvalue weighted by Gasteiger charge is -2.00. The minimum Gasteiger partial charge on any atom is -0.308 e. The molecule has 0 radical (unpaired) electrons. The highest BCUT2D eigenvalue weighted by Crippen LogP contribution is 2.32. The molecule has 0 fully saturated rings. The Labute approximate surface area is 138 Å². The number of hydrogen-bond donors (Lipinski definition) is 0. The van der Waals surface area contributed by atoms with E-state index in [1.54, 1.807) is 0 Å². The van der Waals surface area contributed by atoms with Gasteiger partial charge < -0.3 is 8.37 Å². The molecule has 0 atom stereocenters. The Balaban J connectivity index is 3.22. The highest BCUT2D eigenvalue weighted by Gasteiger charge is 2.06. The second kappa shape index (κ2) is 15.7. The normalized spacial score (nSPS) is 10.6. The maximum absolute atomic E-state index is 11.2. The van der Waals surface area contributed by atoms with E-state index in [9.17, 15) is 9.59 Å². The van der Waals surface area contributed by atoms with Gasteiger partial charge in [-0.2, -0.15) is 0 Å². The molecule has 0 unspecified atom stereocenters. The van der Waals surface area contributed by atoms with Crippen molar-refractivity contribution in [2.24, 2.45) is 0 Å². The van der Waals surface area contributed by atoms with Crippen LogP contribution in [0.4, 0.5) is 9.59 Å². The summed E-state index contributed by atoms with van der Waals surface area (Å²) in [6.07, 6.45) is 0.953. The zero-order valence-electron chi connectivity index (χ0n) is 10.6. The fourth-order valence-corrected chi connectivity index (χ4v) is 5.75. The van der Waals surface area contributed by atoms with Gasteiger partial charge in [-0.25, -0.2) is 0 Å². The Bertz CT molecular complexity index is 229. The van der Waals surface area contributed by atoms with Crippen LogP contribution in [0.1, 0.15) is 20.3 Å². The second-order valence-corrected chi connectivity index (χ2v) is 9.48. The molecule has 0 bridgehead atoms. The molecule has 0 aliphatic rings. The summed E-state index contributed by atoms with van der Waals surface area (Å²) in [5, 5.41) is 0. The van der Waals surface area contributed by atoms with Crippen LogP contribution in [0.5, 0.6) is 0 Å². The van der Waals surface area contributed by atoms with E-state index in [-0.39, 0.29) is 8.89 Å². The highest BCUT2D eigenvalue weighted by molar-refractivity contribution is 8.86. The van der Waals surface area contributed by atoms with Crippen molar-refractivity contribution in [3.8, 4) is 0 Å². The first kappa shape index (κ1) is 20.4. The van der Waals surface area contributed by atoms with E-state index in [1.807, 2.05) is 13.8 Å². The molecular weight excluding hydrogens is 364 g/mol. The average Bonchev–Trinajstić information content (AvgIpc) is 2.41. The largest absolute Gasteiger partial charge is 0.308 e. The zero-order valence-corrected chi connectivity index (χ0v) is 15.5. The van der Waals surface area contributed by atoms with Crippen molar-refractivity contribution in [2.45, 2.75) is 20.3 Å². The SMILES string of the molecule is CCOSC(=O)SSCCCSSC(=O)SOCC. The zero-order chi connectivity index (χ0) is 14.3. The van der Waals surface area contributed by atoms with Gasteiger partial charge in [0.05, 0.1) is 37.3 Å². The van der Waals surface area contributed by atoms with Gasteiger partial charge in [0.15, 0.2) is 0 Å². The van der Waals surface area contributed by atoms with E-state index in [2.05, 4.69) is 0 Å². The van der Waals surface area contributed by atoms with Gasteiger partial charge in [0, 0.05) is 11.5 Å². The van der Waals surface area contributed by atoms with Gasteiger partial charge in [0.25, 0.3) is 8.89 Å². The van der Waals surface area contributed by atoms with Crippen LogP contribution in [-0.2, 0) is 8.37 Å². The number of rotatable bonds is 10. The Hall–Kier alpha value is 1.36. The molecule has 0 aromatic heterocycles. The number of carbonyl (C=O) groups is 2. The smallest absolute Gasteiger partial charge is 0.283 e. The fourth-order valence-electron chi connectivity index (χ4n) is 0.598. The van der Waals surface area contributed by atoms with Gasteiger partial charge in [0.1, 0.15) is 0 Å². The third-order valence-corrected chi connectivity index (χ3v) is 7.75. The molecule has 0 saturated heterocycles. The van der Waals surface area contributed by atoms with Crippen molar-refractivity contribution in [1.29, 1.82) is 0 Å². The molecule has 0 aliphatic heterocycles. The van der Waals surface area contributed by atoms with Crippen LogP contribution in [0.15, 0.2) is 0 Å². The molecule has 0 N–H and O–H groups in total. The predicted molar refractivity (Wildman–Crippen MR) is 93.9 cm³/mol. The Morgan fingerprint density at radius 3 is 1.63 bits per heavy atom. The van der Waals surface area contributed by atoms with Gasteiger partial charge >= 0.3 is 0 Å². The van der Waals surface area contributed by atoms with E-state index in [0.717, 1.165) is 42.0 Å². The summed E-state index contributed by atoms with van der Waals surface area (Å²) < 4.78 is 9.79. The van der Waals surface area contributed by atoms with E-state index in [0.29, 0.717) is 13.2 Å². The van der Waals surface area contributed by atoms with Gasteiger partial charge in [-0.05, 0) is 41.9 Å². The van der Waals surface area contributed by atoms with Crippen molar-refractivity contribution in [1.82, 2.24) is 0 Å². The first-order valence-electron chi connectivity index (χ1n) is 5.46. The van der Waals surface area contributed by atoms with Crippen LogP contribution >= 0.6 is 67.3 Å². The Morgan fingerprint density at radius 1 is 0.842 bits per heavy atom. The van der Waals surface area contributed by atoms with E-state index in [4.69, 9.17) is 8.37 Å². The first-order chi connectivity index (χ1) is 9.20. The van der Waals surface area contributed by atoms with Crippen LogP contribution in [0.3, 0.4) is 0 Å². The molecule has 0 aromatic rings. The number of carbonyl (C=O) groups excluding carboxylic acids is 2. The van der Waals surface area contributed by atoms with Gasteiger partial charge in [-0.1, -0.05) is 21.6 Å². The Morgan fingerprint density at radius 2 is 1.26 bits per heavy atom. The predicted octanol–water partition coefficient (Wildman–Crippen LogP) is 5.75. The molecule has 0 aliphatic carbocycles. The molecule has 0 spiro atoms. The van der Waals surface area contributed by atoms with Gasteiger partial charge in [-0.3, -0.25) is 9.59 Å². The molecule has 0 aromatic carbocycles. The van der Waals surface area contributed by atoms with E-state index >= 15 is 0 Å². The lowest BCUT2D eigenvalue weighted by Crippen LogP contribution is -1.86. The third kappa shape index (κ3) is 15.6. The first-order valence-corrected chi connectivity index (χ1v) is 11.6. The third-order valence-electron chi connectivity index (χ3n) is 1.20. The lowest BCUT2D eigenvalue weighted by atomic mass is 10.6. The Kier molecular flexibility index (Phi) is 16.9. The maximum atomic E-state index is 11.2. The molecule has 112 valence electrons. The molecule has 19 heavy (non-hydrogen) atoms. The molecule has 0 heterocycles. The molecule has 10 heteroatoms. The molecule has 0 saturated carbocycles. The van der Waals surface area contributed by atoms with Crippen molar-refractivity contribution in [3.05, 3.63) is 0 Å². The molecule has 4 nitrogen and oxygen atoms in total. The fraction of sp³-hybridized carbons (Fsp3) is 0.778. The quantitative estimate of drug-likeness (QED) is 0.266. The van der Waals surface area contributed by atoms with E-state index in [1.165, 1.54) is 43.2 Å². The van der Waals surface area contributed by atoms with Crippen LogP contribution in [0, 0.1) is 0 Å². The maximum Gasteiger partial charge on any atom is 0.283 e. The van der Waals surface area contributed by atoms with Crippen molar-refractivity contribution >= 4 is 76.2 Å². The second-order valence-electron chi connectivity index (χ2n) is 2.64. The van der Waals surface area contributed by atoms with Crippen LogP contribution in [0.25, 0.3) is 0 Å².